The van der Waals surface area contributed by atoms with Crippen LogP contribution in [0.15, 0.2) is 48.7 Å². The number of amides is 1. The molecule has 0 aliphatic heterocycles. The number of nitrogens with zero attached hydrogens (tertiary/aromatic N) is 3. The average molecular weight is 338 g/mol. The molecule has 1 aromatic carbocycles. The quantitative estimate of drug-likeness (QED) is 0.778. The molecule has 3 rings (SSSR count). The summed E-state index contributed by atoms with van der Waals surface area (Å²) in [6.45, 7) is 4.37. The van der Waals surface area contributed by atoms with Gasteiger partial charge in [-0.25, -0.2) is 14.1 Å². The van der Waals surface area contributed by atoms with Crippen LogP contribution in [0.2, 0.25) is 0 Å². The lowest BCUT2D eigenvalue weighted by atomic mass is 10.1. The van der Waals surface area contributed by atoms with Gasteiger partial charge in [0.05, 0.1) is 5.69 Å². The third-order valence-electron chi connectivity index (χ3n) is 4.05. The monoisotopic (exact) mass is 338 g/mol. The van der Waals surface area contributed by atoms with E-state index in [1.165, 1.54) is 18.2 Å². The number of aryl methyl sites for hydroxylation is 1. The molecule has 1 amide bonds. The summed E-state index contributed by atoms with van der Waals surface area (Å²) in [4.78, 5) is 16.4. The van der Waals surface area contributed by atoms with Gasteiger partial charge in [-0.2, -0.15) is 5.10 Å². The molecule has 6 heteroatoms. The number of hydrogen-bond acceptors (Lipinski definition) is 3. The van der Waals surface area contributed by atoms with Gasteiger partial charge in [-0.3, -0.25) is 4.79 Å². The fourth-order valence-corrected chi connectivity index (χ4v) is 2.77. The zero-order valence-corrected chi connectivity index (χ0v) is 14.2. The van der Waals surface area contributed by atoms with Gasteiger partial charge in [-0.15, -0.1) is 0 Å². The van der Waals surface area contributed by atoms with Crippen LogP contribution in [0.1, 0.15) is 27.3 Å². The van der Waals surface area contributed by atoms with Gasteiger partial charge in [0.25, 0.3) is 5.91 Å². The molecule has 0 aliphatic carbocycles. The van der Waals surface area contributed by atoms with Crippen molar-refractivity contribution in [2.45, 2.75) is 20.3 Å². The molecule has 0 radical (unpaired) electrons. The summed E-state index contributed by atoms with van der Waals surface area (Å²) in [6, 6.07) is 11.3. The van der Waals surface area contributed by atoms with Crippen LogP contribution in [0, 0.1) is 19.7 Å². The smallest absolute Gasteiger partial charge is 0.251 e. The minimum Gasteiger partial charge on any atom is -0.352 e. The molecular weight excluding hydrogens is 319 g/mol. The SMILES string of the molecule is Cc1nn(-c2ccccn2)c(C)c1CCNC(=O)c1cccc(F)c1. The Labute approximate surface area is 145 Å². The first-order valence-electron chi connectivity index (χ1n) is 8.06. The highest BCUT2D eigenvalue weighted by molar-refractivity contribution is 5.94. The zero-order valence-electron chi connectivity index (χ0n) is 14.2. The molecule has 0 spiro atoms. The molecule has 5 nitrogen and oxygen atoms in total. The Morgan fingerprint density at radius 1 is 1.20 bits per heavy atom. The van der Waals surface area contributed by atoms with Gasteiger partial charge in [0.1, 0.15) is 5.82 Å². The topological polar surface area (TPSA) is 59.8 Å². The minimum absolute atomic E-state index is 0.285. The van der Waals surface area contributed by atoms with Crippen molar-refractivity contribution >= 4 is 5.91 Å². The highest BCUT2D eigenvalue weighted by atomic mass is 19.1. The second-order valence-corrected chi connectivity index (χ2v) is 5.77. The molecule has 0 bridgehead atoms. The van der Waals surface area contributed by atoms with E-state index in [-0.39, 0.29) is 5.91 Å². The van der Waals surface area contributed by atoms with Gasteiger partial charge in [-0.1, -0.05) is 12.1 Å². The summed E-state index contributed by atoms with van der Waals surface area (Å²) in [6.07, 6.45) is 2.37. The van der Waals surface area contributed by atoms with E-state index in [1.54, 1.807) is 16.9 Å². The van der Waals surface area contributed by atoms with Gasteiger partial charge in [-0.05, 0) is 56.2 Å². The number of carbonyl (C=O) groups is 1. The van der Waals surface area contributed by atoms with Crippen molar-refractivity contribution in [3.05, 3.63) is 77.0 Å². The Morgan fingerprint density at radius 2 is 2.04 bits per heavy atom. The van der Waals surface area contributed by atoms with Crippen molar-refractivity contribution in [3.8, 4) is 5.82 Å². The molecule has 0 atom stereocenters. The van der Waals surface area contributed by atoms with Crippen molar-refractivity contribution in [2.24, 2.45) is 0 Å². The van der Waals surface area contributed by atoms with E-state index in [4.69, 9.17) is 0 Å². The fraction of sp³-hybridized carbons (Fsp3) is 0.211. The lowest BCUT2D eigenvalue weighted by molar-refractivity contribution is 0.0953. The van der Waals surface area contributed by atoms with Crippen molar-refractivity contribution in [3.63, 3.8) is 0 Å². The van der Waals surface area contributed by atoms with E-state index in [0.29, 0.717) is 18.5 Å². The van der Waals surface area contributed by atoms with Crippen LogP contribution in [0.4, 0.5) is 4.39 Å². The summed E-state index contributed by atoms with van der Waals surface area (Å²) in [5, 5.41) is 7.36. The molecule has 2 aromatic heterocycles. The van der Waals surface area contributed by atoms with Crippen LogP contribution < -0.4 is 5.32 Å². The predicted molar refractivity (Wildman–Crippen MR) is 93.3 cm³/mol. The number of rotatable bonds is 5. The van der Waals surface area contributed by atoms with Crippen LogP contribution in [-0.2, 0) is 6.42 Å². The van der Waals surface area contributed by atoms with E-state index in [0.717, 1.165) is 22.8 Å². The molecule has 3 aromatic rings. The van der Waals surface area contributed by atoms with Crippen LogP contribution in [0.25, 0.3) is 5.82 Å². The van der Waals surface area contributed by atoms with Crippen molar-refractivity contribution in [1.29, 1.82) is 0 Å². The maximum absolute atomic E-state index is 13.2. The number of aromatic nitrogens is 3. The van der Waals surface area contributed by atoms with E-state index in [2.05, 4.69) is 15.4 Å². The highest BCUT2D eigenvalue weighted by Gasteiger charge is 2.14. The predicted octanol–water partition coefficient (Wildman–Crippen LogP) is 3.00. The molecule has 0 aliphatic rings. The molecule has 1 N–H and O–H groups in total. The largest absolute Gasteiger partial charge is 0.352 e. The lowest BCUT2D eigenvalue weighted by Gasteiger charge is -2.07. The zero-order chi connectivity index (χ0) is 17.8. The standard InChI is InChI=1S/C19H19FN4O/c1-13-17(14(2)24(23-13)18-8-3-4-10-21-18)9-11-22-19(25)15-6-5-7-16(20)12-15/h3-8,10,12H,9,11H2,1-2H3,(H,22,25). The number of hydrogen-bond donors (Lipinski definition) is 1. The van der Waals surface area contributed by atoms with Crippen LogP contribution in [0.3, 0.4) is 0 Å². The second kappa shape index (κ2) is 7.25. The van der Waals surface area contributed by atoms with Gasteiger partial charge in [0, 0.05) is 24.0 Å². The number of benzene rings is 1. The summed E-state index contributed by atoms with van der Waals surface area (Å²) in [5.74, 6) is 0.0565. The van der Waals surface area contributed by atoms with E-state index >= 15 is 0 Å². The van der Waals surface area contributed by atoms with Gasteiger partial charge in [0.15, 0.2) is 5.82 Å². The Hall–Kier alpha value is -3.02. The van der Waals surface area contributed by atoms with E-state index in [1.807, 2.05) is 32.0 Å². The average Bonchev–Trinajstić information content (AvgIpc) is 2.90. The Bertz CT molecular complexity index is 890. The molecular formula is C19H19FN4O. The van der Waals surface area contributed by atoms with Gasteiger partial charge < -0.3 is 5.32 Å². The summed E-state index contributed by atoms with van der Waals surface area (Å²) in [7, 11) is 0. The third-order valence-corrected chi connectivity index (χ3v) is 4.05. The molecule has 0 saturated heterocycles. The van der Waals surface area contributed by atoms with E-state index in [9.17, 15) is 9.18 Å². The van der Waals surface area contributed by atoms with Crippen molar-refractivity contribution < 1.29 is 9.18 Å². The molecule has 2 heterocycles. The Balaban J connectivity index is 1.68. The fourth-order valence-electron chi connectivity index (χ4n) is 2.77. The van der Waals surface area contributed by atoms with Crippen LogP contribution >= 0.6 is 0 Å². The van der Waals surface area contributed by atoms with Gasteiger partial charge >= 0.3 is 0 Å². The first-order valence-corrected chi connectivity index (χ1v) is 8.06. The maximum Gasteiger partial charge on any atom is 0.251 e. The summed E-state index contributed by atoms with van der Waals surface area (Å²) in [5.41, 5.74) is 3.29. The number of carbonyl (C=O) groups excluding carboxylic acids is 1. The first kappa shape index (κ1) is 16.8. The normalized spacial score (nSPS) is 10.7. The highest BCUT2D eigenvalue weighted by Crippen LogP contribution is 2.17. The number of halogens is 1. The molecule has 0 unspecified atom stereocenters. The molecule has 0 saturated carbocycles. The number of pyridine rings is 1. The summed E-state index contributed by atoms with van der Waals surface area (Å²) < 4.78 is 15.0. The van der Waals surface area contributed by atoms with Crippen LogP contribution in [-0.4, -0.2) is 27.2 Å². The Kier molecular flexibility index (Phi) is 4.88. The molecule has 128 valence electrons. The van der Waals surface area contributed by atoms with E-state index < -0.39 is 5.82 Å². The van der Waals surface area contributed by atoms with Crippen LogP contribution in [0.5, 0.6) is 0 Å². The minimum atomic E-state index is -0.420. The number of nitrogens with one attached hydrogen (secondary N) is 1. The first-order chi connectivity index (χ1) is 12.1. The van der Waals surface area contributed by atoms with Crippen molar-refractivity contribution in [2.75, 3.05) is 6.54 Å². The lowest BCUT2D eigenvalue weighted by Crippen LogP contribution is -2.26. The molecule has 0 fully saturated rings. The summed E-state index contributed by atoms with van der Waals surface area (Å²) >= 11 is 0. The van der Waals surface area contributed by atoms with Gasteiger partial charge in [0.2, 0.25) is 0 Å². The Morgan fingerprint density at radius 3 is 2.76 bits per heavy atom. The maximum atomic E-state index is 13.2. The molecule has 25 heavy (non-hydrogen) atoms. The van der Waals surface area contributed by atoms with Crippen molar-refractivity contribution in [1.82, 2.24) is 20.1 Å². The second-order valence-electron chi connectivity index (χ2n) is 5.77. The third kappa shape index (κ3) is 3.74.